The largest absolute Gasteiger partial charge is 0.454 e. The number of nitrogens with zero attached hydrogens (tertiary/aromatic N) is 3. The average molecular weight is 418 g/mol. The van der Waals surface area contributed by atoms with Gasteiger partial charge in [-0.2, -0.15) is 0 Å². The van der Waals surface area contributed by atoms with Crippen LogP contribution in [0.4, 0.5) is 0 Å². The maximum Gasteiger partial charge on any atom is 0.326 e. The molecule has 4 rings (SSSR count). The summed E-state index contributed by atoms with van der Waals surface area (Å²) in [5.74, 6) is -0.130. The predicted molar refractivity (Wildman–Crippen MR) is 111 cm³/mol. The van der Waals surface area contributed by atoms with E-state index >= 15 is 0 Å². The van der Waals surface area contributed by atoms with Crippen molar-refractivity contribution in [1.29, 1.82) is 0 Å². The van der Waals surface area contributed by atoms with Gasteiger partial charge in [-0.1, -0.05) is 12.8 Å². The predicted octanol–water partition coefficient (Wildman–Crippen LogP) is 2.80. The van der Waals surface area contributed by atoms with E-state index in [9.17, 15) is 14.4 Å². The molecule has 0 spiro atoms. The van der Waals surface area contributed by atoms with Crippen molar-refractivity contribution in [1.82, 2.24) is 14.5 Å². The van der Waals surface area contributed by atoms with Crippen LogP contribution in [0.1, 0.15) is 49.0 Å². The van der Waals surface area contributed by atoms with E-state index in [0.717, 1.165) is 36.2 Å². The Morgan fingerprint density at radius 1 is 1.21 bits per heavy atom. The van der Waals surface area contributed by atoms with E-state index in [0.29, 0.717) is 22.2 Å². The Labute approximate surface area is 173 Å². The summed E-state index contributed by atoms with van der Waals surface area (Å²) in [5, 5.41) is 0.551. The molecule has 1 saturated heterocycles. The first kappa shape index (κ1) is 20.1. The third-order valence-corrected chi connectivity index (χ3v) is 7.49. The molecule has 0 radical (unpaired) electrons. The Kier molecular flexibility index (Phi) is 5.72. The van der Waals surface area contributed by atoms with Crippen LogP contribution in [0.3, 0.4) is 0 Å². The molecule has 2 fully saturated rings. The Bertz CT molecular complexity index is 994. The summed E-state index contributed by atoms with van der Waals surface area (Å²) in [7, 11) is 0. The van der Waals surface area contributed by atoms with Gasteiger partial charge in [0.05, 0.1) is 11.7 Å². The molecule has 156 valence electrons. The number of amides is 1. The summed E-state index contributed by atoms with van der Waals surface area (Å²) in [6.45, 7) is 4.07. The van der Waals surface area contributed by atoms with E-state index < -0.39 is 5.97 Å². The summed E-state index contributed by atoms with van der Waals surface area (Å²) in [6.07, 6.45) is 8.22. The average Bonchev–Trinajstić information content (AvgIpc) is 3.02. The maximum atomic E-state index is 12.7. The van der Waals surface area contributed by atoms with Gasteiger partial charge in [-0.25, -0.2) is 4.98 Å². The zero-order valence-corrected chi connectivity index (χ0v) is 17.8. The van der Waals surface area contributed by atoms with E-state index in [2.05, 4.69) is 4.98 Å². The number of aryl methyl sites for hydroxylation is 2. The van der Waals surface area contributed by atoms with E-state index in [-0.39, 0.29) is 24.6 Å². The van der Waals surface area contributed by atoms with Crippen molar-refractivity contribution < 1.29 is 14.3 Å². The number of thiophene rings is 1. The molecule has 1 aliphatic heterocycles. The second-order valence-electron chi connectivity index (χ2n) is 8.14. The van der Waals surface area contributed by atoms with Gasteiger partial charge in [-0.15, -0.1) is 11.3 Å². The zero-order chi connectivity index (χ0) is 20.5. The lowest BCUT2D eigenvalue weighted by Crippen LogP contribution is -2.51. The van der Waals surface area contributed by atoms with Crippen LogP contribution in [0.2, 0.25) is 0 Å². The van der Waals surface area contributed by atoms with Crippen molar-refractivity contribution in [2.45, 2.75) is 65.0 Å². The lowest BCUT2D eigenvalue weighted by Gasteiger charge is -2.44. The van der Waals surface area contributed by atoms with Crippen LogP contribution >= 0.6 is 11.3 Å². The minimum absolute atomic E-state index is 0.125. The van der Waals surface area contributed by atoms with E-state index in [1.54, 1.807) is 0 Å². The van der Waals surface area contributed by atoms with Crippen LogP contribution in [0.5, 0.6) is 0 Å². The number of likely N-dealkylation sites (tertiary alicyclic amines) is 1. The molecule has 0 aromatic carbocycles. The van der Waals surface area contributed by atoms with Crippen LogP contribution < -0.4 is 5.56 Å². The first-order chi connectivity index (χ1) is 14.0. The molecule has 2 aromatic rings. The fraction of sp³-hybridized carbons (Fsp3) is 0.619. The molecule has 2 aliphatic rings. The van der Waals surface area contributed by atoms with Gasteiger partial charge in [0, 0.05) is 17.5 Å². The van der Waals surface area contributed by atoms with Crippen molar-refractivity contribution >= 4 is 33.4 Å². The Balaban J connectivity index is 1.38. The molecule has 0 unspecified atom stereocenters. The van der Waals surface area contributed by atoms with Crippen molar-refractivity contribution in [2.24, 2.45) is 5.92 Å². The third-order valence-electron chi connectivity index (χ3n) is 6.38. The molecule has 3 heterocycles. The highest BCUT2D eigenvalue weighted by molar-refractivity contribution is 7.18. The van der Waals surface area contributed by atoms with Gasteiger partial charge in [0.2, 0.25) is 0 Å². The molecular weight excluding hydrogens is 390 g/mol. The number of fused-ring (bicyclic) bond motifs is 2. The number of carbonyl (C=O) groups excluding carboxylic acids is 2. The topological polar surface area (TPSA) is 81.5 Å². The smallest absolute Gasteiger partial charge is 0.326 e. The molecule has 7 nitrogen and oxygen atoms in total. The number of ether oxygens (including phenoxy) is 1. The Morgan fingerprint density at radius 2 is 1.97 bits per heavy atom. The van der Waals surface area contributed by atoms with Crippen molar-refractivity contribution in [2.75, 3.05) is 13.2 Å². The second kappa shape index (κ2) is 8.26. The molecule has 8 heteroatoms. The normalized spacial score (nSPS) is 21.8. The monoisotopic (exact) mass is 417 g/mol. The number of piperidine rings is 1. The summed E-state index contributed by atoms with van der Waals surface area (Å²) >= 11 is 1.47. The SMILES string of the molecule is Cc1sc2ncn(CC(=O)OCC(=O)N3CCC[C@@H]4CCCC[C@H]43)c(=O)c2c1C. The minimum atomic E-state index is -0.594. The number of hydrogen-bond acceptors (Lipinski definition) is 6. The van der Waals surface area contributed by atoms with Crippen molar-refractivity contribution in [3.05, 3.63) is 27.1 Å². The highest BCUT2D eigenvalue weighted by Gasteiger charge is 2.35. The standard InChI is InChI=1S/C21H27N3O4S/c1-13-14(2)29-20-19(13)21(27)23(12-22-20)10-18(26)28-11-17(25)24-9-5-7-15-6-3-4-8-16(15)24/h12,15-16H,3-11H2,1-2H3/t15-,16+/m0/s1. The Morgan fingerprint density at radius 3 is 2.79 bits per heavy atom. The molecule has 1 saturated carbocycles. The summed E-state index contributed by atoms with van der Waals surface area (Å²) in [6, 6.07) is 0.294. The molecular formula is C21H27N3O4S. The number of esters is 1. The molecule has 2 atom stereocenters. The van der Waals surface area contributed by atoms with Gasteiger partial charge in [0.25, 0.3) is 11.5 Å². The quantitative estimate of drug-likeness (QED) is 0.715. The molecule has 29 heavy (non-hydrogen) atoms. The van der Waals surface area contributed by atoms with Gasteiger partial charge < -0.3 is 9.64 Å². The maximum absolute atomic E-state index is 12.7. The van der Waals surface area contributed by atoms with Gasteiger partial charge in [-0.3, -0.25) is 19.0 Å². The van der Waals surface area contributed by atoms with Crippen molar-refractivity contribution in [3.8, 4) is 0 Å². The van der Waals surface area contributed by atoms with Gasteiger partial charge in [0.15, 0.2) is 6.61 Å². The van der Waals surface area contributed by atoms with Crippen molar-refractivity contribution in [3.63, 3.8) is 0 Å². The van der Waals surface area contributed by atoms with Gasteiger partial charge >= 0.3 is 5.97 Å². The Hall–Kier alpha value is -2.22. The van der Waals surface area contributed by atoms with E-state index in [1.807, 2.05) is 18.7 Å². The number of rotatable bonds is 4. The fourth-order valence-electron chi connectivity index (χ4n) is 4.73. The first-order valence-corrected chi connectivity index (χ1v) is 11.2. The third kappa shape index (κ3) is 3.95. The van der Waals surface area contributed by atoms with E-state index in [4.69, 9.17) is 4.74 Å². The highest BCUT2D eigenvalue weighted by Crippen LogP contribution is 2.35. The first-order valence-electron chi connectivity index (χ1n) is 10.4. The molecule has 1 amide bonds. The van der Waals surface area contributed by atoms with Gasteiger partial charge in [0.1, 0.15) is 11.4 Å². The number of hydrogen-bond donors (Lipinski definition) is 0. The number of aromatic nitrogens is 2. The minimum Gasteiger partial charge on any atom is -0.454 e. The van der Waals surface area contributed by atoms with Gasteiger partial charge in [-0.05, 0) is 51.0 Å². The fourth-order valence-corrected chi connectivity index (χ4v) is 5.71. The van der Waals surface area contributed by atoms with Crippen LogP contribution in [0.15, 0.2) is 11.1 Å². The van der Waals surface area contributed by atoms with Crippen LogP contribution in [0.25, 0.3) is 10.2 Å². The zero-order valence-electron chi connectivity index (χ0n) is 17.0. The number of carbonyl (C=O) groups is 2. The lowest BCUT2D eigenvalue weighted by atomic mass is 9.78. The molecule has 0 N–H and O–H groups in total. The summed E-state index contributed by atoms with van der Waals surface area (Å²) in [4.78, 5) is 45.6. The lowest BCUT2D eigenvalue weighted by molar-refractivity contribution is -0.155. The van der Waals surface area contributed by atoms with Crippen LogP contribution in [0, 0.1) is 19.8 Å². The van der Waals surface area contributed by atoms with E-state index in [1.165, 1.54) is 41.5 Å². The van der Waals surface area contributed by atoms with Crippen LogP contribution in [-0.4, -0.2) is 45.5 Å². The molecule has 1 aliphatic carbocycles. The molecule has 2 aromatic heterocycles. The summed E-state index contributed by atoms with van der Waals surface area (Å²) < 4.78 is 6.48. The molecule has 0 bridgehead atoms. The highest BCUT2D eigenvalue weighted by atomic mass is 32.1. The van der Waals surface area contributed by atoms with Crippen LogP contribution in [-0.2, 0) is 20.9 Å². The summed E-state index contributed by atoms with van der Waals surface area (Å²) in [5.41, 5.74) is 0.647. The second-order valence-corrected chi connectivity index (χ2v) is 9.35.